The van der Waals surface area contributed by atoms with Gasteiger partial charge in [-0.25, -0.2) is 0 Å². The molecule has 0 aliphatic carbocycles. The highest BCUT2D eigenvalue weighted by molar-refractivity contribution is 7.80. The number of amides is 1. The molecule has 0 spiro atoms. The number of piperazine rings is 1. The van der Waals surface area contributed by atoms with Crippen LogP contribution in [0.4, 0.5) is 0 Å². The molecule has 140 valence electrons. The average molecular weight is 375 g/mol. The lowest BCUT2D eigenvalue weighted by Gasteiger charge is -2.36. The van der Waals surface area contributed by atoms with E-state index in [2.05, 4.69) is 17.2 Å². The van der Waals surface area contributed by atoms with Crippen LogP contribution >= 0.6 is 12.2 Å². The highest BCUT2D eigenvalue weighted by Gasteiger charge is 2.33. The molecule has 0 bridgehead atoms. The topological polar surface area (TPSA) is 70.7 Å². The number of rotatable bonds is 8. The summed E-state index contributed by atoms with van der Waals surface area (Å²) in [5.74, 6) is -0.600. The number of nitrogens with one attached hydrogen (secondary N) is 2. The molecule has 1 aliphatic heterocycles. The molecule has 1 heterocycles. The van der Waals surface area contributed by atoms with Gasteiger partial charge in [0.05, 0.1) is 13.0 Å². The van der Waals surface area contributed by atoms with Crippen LogP contribution < -0.4 is 10.6 Å². The number of ether oxygens (including phenoxy) is 1. The minimum absolute atomic E-state index is 0.0208. The van der Waals surface area contributed by atoms with Crippen LogP contribution in [0, 0.1) is 0 Å². The summed E-state index contributed by atoms with van der Waals surface area (Å²) in [7, 11) is 0. The molecular weight excluding hydrogens is 350 g/mol. The van der Waals surface area contributed by atoms with Crippen molar-refractivity contribution in [2.45, 2.75) is 25.3 Å². The summed E-state index contributed by atoms with van der Waals surface area (Å²) in [5.41, 5.74) is 1.21. The predicted molar refractivity (Wildman–Crippen MR) is 105 cm³/mol. The van der Waals surface area contributed by atoms with E-state index in [9.17, 15) is 9.59 Å². The Labute approximate surface area is 159 Å². The first-order chi connectivity index (χ1) is 12.6. The Morgan fingerprint density at radius 1 is 1.42 bits per heavy atom. The van der Waals surface area contributed by atoms with Crippen molar-refractivity contribution in [2.75, 3.05) is 26.2 Å². The molecular formula is C19H25N3O3S. The van der Waals surface area contributed by atoms with Gasteiger partial charge in [0.15, 0.2) is 5.11 Å². The molecule has 26 heavy (non-hydrogen) atoms. The normalized spacial score (nSPS) is 16.5. The molecule has 6 nitrogen and oxygen atoms in total. The number of carbonyl (C=O) groups excluding carboxylic acids is 2. The van der Waals surface area contributed by atoms with Crippen molar-refractivity contribution in [2.24, 2.45) is 0 Å². The molecule has 1 unspecified atom stereocenters. The summed E-state index contributed by atoms with van der Waals surface area (Å²) < 4.78 is 5.30. The van der Waals surface area contributed by atoms with Crippen molar-refractivity contribution in [3.05, 3.63) is 48.6 Å². The summed E-state index contributed by atoms with van der Waals surface area (Å²) >= 11 is 5.32. The fraction of sp³-hybridized carbons (Fsp3) is 0.421. The fourth-order valence-corrected chi connectivity index (χ4v) is 3.05. The molecule has 2 N–H and O–H groups in total. The number of thiocarbonyl (C=S) groups is 1. The second-order valence-electron chi connectivity index (χ2n) is 5.99. The fourth-order valence-electron chi connectivity index (χ4n) is 2.75. The number of aryl methyl sites for hydroxylation is 1. The third kappa shape index (κ3) is 6.15. The van der Waals surface area contributed by atoms with Crippen molar-refractivity contribution in [3.63, 3.8) is 0 Å². The van der Waals surface area contributed by atoms with Crippen molar-refractivity contribution < 1.29 is 14.3 Å². The van der Waals surface area contributed by atoms with Gasteiger partial charge in [0.1, 0.15) is 6.04 Å². The molecule has 0 saturated carbocycles. The maximum Gasteiger partial charge on any atom is 0.308 e. The quantitative estimate of drug-likeness (QED) is 0.310. The van der Waals surface area contributed by atoms with Gasteiger partial charge in [0.2, 0.25) is 5.91 Å². The number of hydrogen-bond acceptors (Lipinski definition) is 4. The van der Waals surface area contributed by atoms with E-state index in [1.165, 1.54) is 5.56 Å². The van der Waals surface area contributed by atoms with Gasteiger partial charge in [0, 0.05) is 19.6 Å². The Hall–Kier alpha value is -2.41. The Kier molecular flexibility index (Phi) is 8.08. The van der Waals surface area contributed by atoms with E-state index in [4.69, 9.17) is 17.0 Å². The van der Waals surface area contributed by atoms with E-state index >= 15 is 0 Å². The molecule has 0 aromatic heterocycles. The van der Waals surface area contributed by atoms with Gasteiger partial charge < -0.3 is 20.3 Å². The van der Waals surface area contributed by atoms with Crippen LogP contribution in [0.2, 0.25) is 0 Å². The van der Waals surface area contributed by atoms with Crippen LogP contribution in [0.5, 0.6) is 0 Å². The van der Waals surface area contributed by atoms with Gasteiger partial charge in [-0.3, -0.25) is 9.59 Å². The molecule has 2 rings (SSSR count). The Morgan fingerprint density at radius 3 is 2.92 bits per heavy atom. The van der Waals surface area contributed by atoms with E-state index in [0.29, 0.717) is 31.4 Å². The van der Waals surface area contributed by atoms with Crippen molar-refractivity contribution in [3.8, 4) is 0 Å². The Morgan fingerprint density at radius 2 is 2.19 bits per heavy atom. The molecule has 1 aromatic carbocycles. The lowest BCUT2D eigenvalue weighted by atomic mass is 10.1. The Balaban J connectivity index is 1.79. The van der Waals surface area contributed by atoms with E-state index in [-0.39, 0.29) is 12.3 Å². The third-order valence-corrected chi connectivity index (χ3v) is 4.44. The van der Waals surface area contributed by atoms with Crippen molar-refractivity contribution in [1.82, 2.24) is 15.5 Å². The van der Waals surface area contributed by atoms with Gasteiger partial charge in [-0.1, -0.05) is 36.4 Å². The van der Waals surface area contributed by atoms with Crippen LogP contribution in [-0.2, 0) is 20.7 Å². The molecule has 0 radical (unpaired) electrons. The summed E-state index contributed by atoms with van der Waals surface area (Å²) in [6.45, 7) is 5.53. The number of benzene rings is 1. The van der Waals surface area contributed by atoms with Crippen LogP contribution in [0.1, 0.15) is 18.4 Å². The van der Waals surface area contributed by atoms with E-state index < -0.39 is 12.0 Å². The average Bonchev–Trinajstić information content (AvgIpc) is 2.65. The number of nitrogens with zero attached hydrogens (tertiary/aromatic N) is 1. The second kappa shape index (κ2) is 10.6. The molecule has 1 fully saturated rings. The van der Waals surface area contributed by atoms with E-state index in [1.54, 1.807) is 11.0 Å². The SMILES string of the molecule is C=CCNC(=S)N1CCNC(=O)C1CC(=O)OCCCc1ccccc1. The van der Waals surface area contributed by atoms with Gasteiger partial charge in [-0.15, -0.1) is 6.58 Å². The zero-order valence-corrected chi connectivity index (χ0v) is 15.6. The molecule has 1 aliphatic rings. The van der Waals surface area contributed by atoms with Crippen molar-refractivity contribution >= 4 is 29.2 Å². The lowest BCUT2D eigenvalue weighted by molar-refractivity contribution is -0.147. The standard InChI is InChI=1S/C19H25N3O3S/c1-2-10-21-19(26)22-12-11-20-18(24)16(22)14-17(23)25-13-6-9-15-7-4-3-5-8-15/h2-5,7-8,16H,1,6,9-14H2,(H,20,24)(H,21,26). The van der Waals surface area contributed by atoms with Crippen molar-refractivity contribution in [1.29, 1.82) is 0 Å². The zero-order chi connectivity index (χ0) is 18.8. The van der Waals surface area contributed by atoms with E-state index in [1.807, 2.05) is 30.3 Å². The molecule has 1 aromatic rings. The first kappa shape index (κ1) is 19.9. The first-order valence-electron chi connectivity index (χ1n) is 8.74. The molecule has 1 atom stereocenters. The zero-order valence-electron chi connectivity index (χ0n) is 14.8. The maximum absolute atomic E-state index is 12.2. The minimum atomic E-state index is -0.643. The number of carbonyl (C=O) groups is 2. The highest BCUT2D eigenvalue weighted by Crippen LogP contribution is 2.11. The molecule has 1 amide bonds. The summed E-state index contributed by atoms with van der Waals surface area (Å²) in [5, 5.41) is 6.22. The van der Waals surface area contributed by atoms with Gasteiger partial charge in [-0.2, -0.15) is 0 Å². The number of esters is 1. The van der Waals surface area contributed by atoms with Crippen LogP contribution in [0.15, 0.2) is 43.0 Å². The minimum Gasteiger partial charge on any atom is -0.466 e. The monoisotopic (exact) mass is 375 g/mol. The van der Waals surface area contributed by atoms with Gasteiger partial charge in [-0.05, 0) is 30.6 Å². The maximum atomic E-state index is 12.2. The van der Waals surface area contributed by atoms with Gasteiger partial charge >= 0.3 is 5.97 Å². The number of hydrogen-bond donors (Lipinski definition) is 2. The van der Waals surface area contributed by atoms with Crippen LogP contribution in [0.25, 0.3) is 0 Å². The smallest absolute Gasteiger partial charge is 0.308 e. The summed E-state index contributed by atoms with van der Waals surface area (Å²) in [6.07, 6.45) is 3.26. The predicted octanol–water partition coefficient (Wildman–Crippen LogP) is 1.41. The Bertz CT molecular complexity index is 636. The lowest BCUT2D eigenvalue weighted by Crippen LogP contribution is -2.59. The third-order valence-electron chi connectivity index (χ3n) is 4.06. The first-order valence-corrected chi connectivity index (χ1v) is 9.15. The summed E-state index contributed by atoms with van der Waals surface area (Å²) in [4.78, 5) is 26.0. The molecule has 1 saturated heterocycles. The van der Waals surface area contributed by atoms with E-state index in [0.717, 1.165) is 12.8 Å². The van der Waals surface area contributed by atoms with Crippen LogP contribution in [0.3, 0.4) is 0 Å². The highest BCUT2D eigenvalue weighted by atomic mass is 32.1. The second-order valence-corrected chi connectivity index (χ2v) is 6.38. The van der Waals surface area contributed by atoms with Gasteiger partial charge in [0.25, 0.3) is 0 Å². The largest absolute Gasteiger partial charge is 0.466 e. The summed E-state index contributed by atoms with van der Waals surface area (Å²) in [6, 6.07) is 9.39. The van der Waals surface area contributed by atoms with Crippen LogP contribution in [-0.4, -0.2) is 54.2 Å². The molecule has 7 heteroatoms.